The second-order valence-corrected chi connectivity index (χ2v) is 7.35. The minimum absolute atomic E-state index is 0.422. The standard InChI is InChI=1S/C18H25NO/c20-16-3-1-2-14(10-16)17-6-8-18(11-13-4-5-13)12-15(17)7-9-19-18/h1-3,10,13,15,17,19-20H,4-9,11-12H2. The van der Waals surface area contributed by atoms with Crippen LogP contribution in [-0.4, -0.2) is 17.2 Å². The first kappa shape index (κ1) is 12.7. The van der Waals surface area contributed by atoms with Crippen molar-refractivity contribution < 1.29 is 5.11 Å². The highest BCUT2D eigenvalue weighted by molar-refractivity contribution is 5.31. The number of hydrogen-bond acceptors (Lipinski definition) is 2. The average molecular weight is 271 g/mol. The van der Waals surface area contributed by atoms with Crippen molar-refractivity contribution in [2.45, 2.75) is 56.4 Å². The third kappa shape index (κ3) is 2.35. The number of aromatic hydroxyl groups is 1. The molecule has 1 aromatic rings. The van der Waals surface area contributed by atoms with Gasteiger partial charge in [0.25, 0.3) is 0 Å². The Hall–Kier alpha value is -1.02. The topological polar surface area (TPSA) is 32.3 Å². The second-order valence-electron chi connectivity index (χ2n) is 7.35. The van der Waals surface area contributed by atoms with Gasteiger partial charge in [0.2, 0.25) is 0 Å². The lowest BCUT2D eigenvalue weighted by atomic mass is 9.63. The Bertz CT molecular complexity index is 496. The molecule has 1 aromatic carbocycles. The zero-order valence-electron chi connectivity index (χ0n) is 12.1. The fourth-order valence-electron chi connectivity index (χ4n) is 4.73. The highest BCUT2D eigenvalue weighted by Crippen LogP contribution is 2.50. The highest BCUT2D eigenvalue weighted by Gasteiger charge is 2.45. The Kier molecular flexibility index (Phi) is 3.03. The highest BCUT2D eigenvalue weighted by atomic mass is 16.3. The van der Waals surface area contributed by atoms with Crippen molar-refractivity contribution in [1.29, 1.82) is 0 Å². The van der Waals surface area contributed by atoms with Crippen LogP contribution in [0.4, 0.5) is 0 Å². The molecule has 2 heteroatoms. The van der Waals surface area contributed by atoms with E-state index >= 15 is 0 Å². The van der Waals surface area contributed by atoms with E-state index in [-0.39, 0.29) is 0 Å². The largest absolute Gasteiger partial charge is 0.508 e. The minimum atomic E-state index is 0.422. The van der Waals surface area contributed by atoms with Gasteiger partial charge in [0.05, 0.1) is 0 Å². The van der Waals surface area contributed by atoms with E-state index < -0.39 is 0 Å². The van der Waals surface area contributed by atoms with Crippen molar-refractivity contribution >= 4 is 0 Å². The quantitative estimate of drug-likeness (QED) is 0.876. The molecule has 3 atom stereocenters. The predicted octanol–water partition coefficient (Wildman–Crippen LogP) is 3.81. The Morgan fingerprint density at radius 1 is 1.20 bits per heavy atom. The van der Waals surface area contributed by atoms with E-state index in [2.05, 4.69) is 11.4 Å². The molecule has 2 bridgehead atoms. The molecule has 2 nitrogen and oxygen atoms in total. The molecule has 3 fully saturated rings. The number of piperidine rings is 1. The fourth-order valence-corrected chi connectivity index (χ4v) is 4.73. The molecule has 108 valence electrons. The minimum Gasteiger partial charge on any atom is -0.508 e. The van der Waals surface area contributed by atoms with Gasteiger partial charge in [-0.2, -0.15) is 0 Å². The van der Waals surface area contributed by atoms with Crippen LogP contribution in [0.1, 0.15) is 56.4 Å². The van der Waals surface area contributed by atoms with Crippen LogP contribution in [0, 0.1) is 11.8 Å². The summed E-state index contributed by atoms with van der Waals surface area (Å²) in [5.41, 5.74) is 1.81. The van der Waals surface area contributed by atoms with E-state index in [1.165, 1.54) is 57.1 Å². The van der Waals surface area contributed by atoms with Crippen molar-refractivity contribution in [3.05, 3.63) is 29.8 Å². The van der Waals surface area contributed by atoms with Crippen LogP contribution in [0.25, 0.3) is 0 Å². The first-order valence-electron chi connectivity index (χ1n) is 8.28. The fraction of sp³-hybridized carbons (Fsp3) is 0.667. The predicted molar refractivity (Wildman–Crippen MR) is 80.9 cm³/mol. The van der Waals surface area contributed by atoms with Crippen LogP contribution in [0.15, 0.2) is 24.3 Å². The molecule has 1 heterocycles. The number of hydrogen-bond donors (Lipinski definition) is 2. The van der Waals surface area contributed by atoms with Crippen molar-refractivity contribution in [2.75, 3.05) is 6.54 Å². The lowest BCUT2D eigenvalue weighted by Gasteiger charge is -2.50. The molecule has 0 aromatic heterocycles. The summed E-state index contributed by atoms with van der Waals surface area (Å²) < 4.78 is 0. The summed E-state index contributed by atoms with van der Waals surface area (Å²) in [7, 11) is 0. The van der Waals surface area contributed by atoms with Gasteiger partial charge in [0.1, 0.15) is 5.75 Å². The molecule has 1 saturated heterocycles. The van der Waals surface area contributed by atoms with E-state index in [0.717, 1.165) is 11.8 Å². The summed E-state index contributed by atoms with van der Waals surface area (Å²) in [6, 6.07) is 7.98. The van der Waals surface area contributed by atoms with Crippen molar-refractivity contribution in [2.24, 2.45) is 11.8 Å². The zero-order chi connectivity index (χ0) is 13.6. The number of benzene rings is 1. The van der Waals surface area contributed by atoms with E-state index in [1.807, 2.05) is 12.1 Å². The van der Waals surface area contributed by atoms with Crippen LogP contribution >= 0.6 is 0 Å². The Balaban J connectivity index is 1.54. The van der Waals surface area contributed by atoms with Gasteiger partial charge in [-0.1, -0.05) is 25.0 Å². The first-order chi connectivity index (χ1) is 9.74. The maximum atomic E-state index is 9.73. The molecule has 0 radical (unpaired) electrons. The number of fused-ring (bicyclic) bond motifs is 2. The van der Waals surface area contributed by atoms with Gasteiger partial charge in [0, 0.05) is 5.54 Å². The molecule has 4 rings (SSSR count). The SMILES string of the molecule is Oc1cccc(C2CCC3(CC4CC4)CC2CCN3)c1. The van der Waals surface area contributed by atoms with Crippen molar-refractivity contribution in [1.82, 2.24) is 5.32 Å². The third-order valence-corrected chi connectivity index (χ3v) is 5.85. The summed E-state index contributed by atoms with van der Waals surface area (Å²) in [5.74, 6) is 2.91. The molecule has 0 amide bonds. The van der Waals surface area contributed by atoms with Gasteiger partial charge in [-0.15, -0.1) is 0 Å². The number of phenols is 1. The molecule has 3 aliphatic rings. The van der Waals surface area contributed by atoms with Crippen LogP contribution in [0.5, 0.6) is 5.75 Å². The summed E-state index contributed by atoms with van der Waals surface area (Å²) in [4.78, 5) is 0. The van der Waals surface area contributed by atoms with E-state index in [9.17, 15) is 5.11 Å². The number of phenolic OH excluding ortho intramolecular Hbond substituents is 1. The van der Waals surface area contributed by atoms with Gasteiger partial charge in [-0.3, -0.25) is 0 Å². The van der Waals surface area contributed by atoms with Crippen LogP contribution in [0.3, 0.4) is 0 Å². The van der Waals surface area contributed by atoms with Gasteiger partial charge >= 0.3 is 0 Å². The summed E-state index contributed by atoms with van der Waals surface area (Å²) in [6.07, 6.45) is 9.59. The summed E-state index contributed by atoms with van der Waals surface area (Å²) in [5, 5.41) is 13.6. The number of nitrogens with one attached hydrogen (secondary N) is 1. The smallest absolute Gasteiger partial charge is 0.115 e. The van der Waals surface area contributed by atoms with Gasteiger partial charge in [0.15, 0.2) is 0 Å². The molecule has 1 aliphatic heterocycles. The lowest BCUT2D eigenvalue weighted by molar-refractivity contribution is 0.0967. The van der Waals surface area contributed by atoms with E-state index in [0.29, 0.717) is 17.2 Å². The van der Waals surface area contributed by atoms with E-state index in [4.69, 9.17) is 0 Å². The molecule has 3 unspecified atom stereocenters. The van der Waals surface area contributed by atoms with Crippen molar-refractivity contribution in [3.8, 4) is 5.75 Å². The molecular formula is C18H25NO. The normalized spacial score (nSPS) is 36.8. The molecule has 0 spiro atoms. The Morgan fingerprint density at radius 3 is 2.90 bits per heavy atom. The summed E-state index contributed by atoms with van der Waals surface area (Å²) in [6.45, 7) is 1.19. The van der Waals surface area contributed by atoms with E-state index in [1.54, 1.807) is 6.07 Å². The monoisotopic (exact) mass is 271 g/mol. The van der Waals surface area contributed by atoms with Gasteiger partial charge in [-0.25, -0.2) is 0 Å². The van der Waals surface area contributed by atoms with Crippen LogP contribution < -0.4 is 5.32 Å². The zero-order valence-corrected chi connectivity index (χ0v) is 12.1. The van der Waals surface area contributed by atoms with Gasteiger partial charge < -0.3 is 10.4 Å². The number of rotatable bonds is 3. The first-order valence-corrected chi connectivity index (χ1v) is 8.28. The Labute approximate surface area is 121 Å². The molecule has 2 aliphatic carbocycles. The maximum Gasteiger partial charge on any atom is 0.115 e. The molecule has 2 saturated carbocycles. The molecular weight excluding hydrogens is 246 g/mol. The Morgan fingerprint density at radius 2 is 2.10 bits per heavy atom. The maximum absolute atomic E-state index is 9.73. The molecule has 20 heavy (non-hydrogen) atoms. The summed E-state index contributed by atoms with van der Waals surface area (Å²) >= 11 is 0. The second kappa shape index (κ2) is 4.77. The lowest BCUT2D eigenvalue weighted by Crippen LogP contribution is -2.55. The third-order valence-electron chi connectivity index (χ3n) is 5.85. The average Bonchev–Trinajstić information content (AvgIpc) is 3.23. The molecule has 2 N–H and O–H groups in total. The van der Waals surface area contributed by atoms with Crippen LogP contribution in [-0.2, 0) is 0 Å². The van der Waals surface area contributed by atoms with Crippen molar-refractivity contribution in [3.63, 3.8) is 0 Å². The van der Waals surface area contributed by atoms with Crippen LogP contribution in [0.2, 0.25) is 0 Å². The van der Waals surface area contributed by atoms with Gasteiger partial charge in [-0.05, 0) is 74.1 Å².